The zero-order valence-corrected chi connectivity index (χ0v) is 12.3. The largest absolute Gasteiger partial charge is 0.434 e. The quantitative estimate of drug-likeness (QED) is 0.889. The molecule has 4 nitrogen and oxygen atoms in total. The van der Waals surface area contributed by atoms with Crippen LogP contribution in [-0.4, -0.2) is 24.0 Å². The van der Waals surface area contributed by atoms with Crippen LogP contribution in [0, 0.1) is 11.8 Å². The molecule has 1 aliphatic rings. The average molecular weight is 330 g/mol. The molecule has 1 aromatic rings. The molecule has 1 fully saturated rings. The van der Waals surface area contributed by atoms with E-state index in [1.165, 1.54) is 0 Å². The van der Waals surface area contributed by atoms with Crippen molar-refractivity contribution in [1.29, 1.82) is 0 Å². The van der Waals surface area contributed by atoms with Gasteiger partial charge < -0.3 is 10.6 Å². The second kappa shape index (κ2) is 6.73. The molecule has 0 spiro atoms. The first-order valence-corrected chi connectivity index (χ1v) is 6.76. The van der Waals surface area contributed by atoms with E-state index in [4.69, 9.17) is 0 Å². The van der Waals surface area contributed by atoms with Gasteiger partial charge in [-0.15, -0.1) is 23.7 Å². The fraction of sp³-hybridized carbons (Fsp3) is 0.636. The lowest BCUT2D eigenvalue weighted by Gasteiger charge is -2.31. The summed E-state index contributed by atoms with van der Waals surface area (Å²) in [6.07, 6.45) is -4.43. The third kappa shape index (κ3) is 4.07. The molecule has 114 valence electrons. The first-order valence-electron chi connectivity index (χ1n) is 5.88. The summed E-state index contributed by atoms with van der Waals surface area (Å²) in [6.45, 7) is 3.49. The maximum Gasteiger partial charge on any atom is 0.434 e. The molecule has 1 saturated heterocycles. The molecule has 0 saturated carbocycles. The van der Waals surface area contributed by atoms with E-state index in [9.17, 15) is 18.0 Å². The fourth-order valence-corrected chi connectivity index (χ4v) is 2.47. The number of alkyl halides is 3. The monoisotopic (exact) mass is 329 g/mol. The Balaban J connectivity index is 0.00000200. The van der Waals surface area contributed by atoms with Crippen LogP contribution in [0.4, 0.5) is 13.2 Å². The van der Waals surface area contributed by atoms with Gasteiger partial charge in [-0.05, 0) is 19.0 Å². The molecule has 1 aliphatic heterocycles. The molecule has 1 aromatic heterocycles. The van der Waals surface area contributed by atoms with Gasteiger partial charge in [0.15, 0.2) is 5.69 Å². The summed E-state index contributed by atoms with van der Waals surface area (Å²) in [5.74, 6) is 0.0283. The van der Waals surface area contributed by atoms with Crippen LogP contribution < -0.4 is 10.6 Å². The maximum absolute atomic E-state index is 12.3. The number of halogens is 4. The van der Waals surface area contributed by atoms with E-state index in [1.807, 2.05) is 6.92 Å². The number of nitrogens with zero attached hydrogens (tertiary/aromatic N) is 1. The van der Waals surface area contributed by atoms with Crippen molar-refractivity contribution in [2.45, 2.75) is 19.6 Å². The number of carbonyl (C=O) groups is 1. The molecule has 2 N–H and O–H groups in total. The van der Waals surface area contributed by atoms with Crippen molar-refractivity contribution < 1.29 is 18.0 Å². The van der Waals surface area contributed by atoms with Crippen molar-refractivity contribution in [3.63, 3.8) is 0 Å². The lowest BCUT2D eigenvalue weighted by atomic mass is 9.88. The normalized spacial score (nSPS) is 17.0. The summed E-state index contributed by atoms with van der Waals surface area (Å²) >= 11 is 0.900. The zero-order chi connectivity index (χ0) is 14.0. The minimum Gasteiger partial charge on any atom is -0.349 e. The summed E-state index contributed by atoms with van der Waals surface area (Å²) in [5, 5.41) is 6.92. The number of hydrogen-bond acceptors (Lipinski definition) is 4. The van der Waals surface area contributed by atoms with Crippen molar-refractivity contribution in [2.75, 3.05) is 13.1 Å². The summed E-state index contributed by atoms with van der Waals surface area (Å²) in [4.78, 5) is 15.2. The highest BCUT2D eigenvalue weighted by molar-refractivity contribution is 7.09. The summed E-state index contributed by atoms with van der Waals surface area (Å²) < 4.78 is 37.0. The molecule has 0 aromatic carbocycles. The van der Waals surface area contributed by atoms with Gasteiger partial charge in [-0.1, -0.05) is 6.92 Å². The minimum atomic E-state index is -4.43. The van der Waals surface area contributed by atoms with Crippen LogP contribution in [0.25, 0.3) is 0 Å². The fourth-order valence-electron chi connectivity index (χ4n) is 1.72. The lowest BCUT2D eigenvalue weighted by molar-refractivity contribution is -0.140. The lowest BCUT2D eigenvalue weighted by Crippen LogP contribution is -2.49. The molecule has 0 radical (unpaired) electrons. The minimum absolute atomic E-state index is 0. The van der Waals surface area contributed by atoms with Gasteiger partial charge in [0, 0.05) is 11.3 Å². The Labute approximate surface area is 124 Å². The van der Waals surface area contributed by atoms with Gasteiger partial charge in [-0.3, -0.25) is 4.79 Å². The van der Waals surface area contributed by atoms with E-state index in [1.54, 1.807) is 0 Å². The maximum atomic E-state index is 12.3. The Morgan fingerprint density at radius 2 is 2.25 bits per heavy atom. The SMILES string of the molecule is CC(C(=O)NCc1nc(C(F)(F)F)cs1)C1CNC1.Cl. The third-order valence-electron chi connectivity index (χ3n) is 3.19. The smallest absolute Gasteiger partial charge is 0.349 e. The number of amides is 1. The van der Waals surface area contributed by atoms with Gasteiger partial charge in [0.25, 0.3) is 0 Å². The Kier molecular flexibility index (Phi) is 5.79. The van der Waals surface area contributed by atoms with Crippen molar-refractivity contribution in [3.05, 3.63) is 16.1 Å². The van der Waals surface area contributed by atoms with Crippen LogP contribution in [0.15, 0.2) is 5.38 Å². The van der Waals surface area contributed by atoms with Crippen LogP contribution in [0.2, 0.25) is 0 Å². The molecule has 2 rings (SSSR count). The highest BCUT2D eigenvalue weighted by Crippen LogP contribution is 2.29. The number of carbonyl (C=O) groups excluding carboxylic acids is 1. The topological polar surface area (TPSA) is 54.0 Å². The third-order valence-corrected chi connectivity index (χ3v) is 4.04. The molecule has 1 unspecified atom stereocenters. The standard InChI is InChI=1S/C11H14F3N3OS.ClH/c1-6(7-2-15-3-7)10(18)16-4-9-17-8(5-19-9)11(12,13)14;/h5-7,15H,2-4H2,1H3,(H,16,18);1H. The summed E-state index contributed by atoms with van der Waals surface area (Å²) in [7, 11) is 0. The highest BCUT2D eigenvalue weighted by atomic mass is 35.5. The molecule has 2 heterocycles. The predicted octanol–water partition coefficient (Wildman–Crippen LogP) is 2.06. The van der Waals surface area contributed by atoms with Crippen LogP contribution >= 0.6 is 23.7 Å². The molecule has 1 atom stereocenters. The van der Waals surface area contributed by atoms with E-state index >= 15 is 0 Å². The summed E-state index contributed by atoms with van der Waals surface area (Å²) in [5.41, 5.74) is -0.905. The first-order chi connectivity index (χ1) is 8.88. The van der Waals surface area contributed by atoms with E-state index in [2.05, 4.69) is 15.6 Å². The van der Waals surface area contributed by atoms with Crippen molar-refractivity contribution in [3.8, 4) is 0 Å². The Morgan fingerprint density at radius 1 is 1.60 bits per heavy atom. The Morgan fingerprint density at radius 3 is 2.70 bits per heavy atom. The van der Waals surface area contributed by atoms with Crippen LogP contribution in [-0.2, 0) is 17.5 Å². The van der Waals surface area contributed by atoms with Crippen molar-refractivity contribution in [1.82, 2.24) is 15.6 Å². The second-order valence-electron chi connectivity index (χ2n) is 4.55. The summed E-state index contributed by atoms with van der Waals surface area (Å²) in [6, 6.07) is 0. The van der Waals surface area contributed by atoms with Crippen LogP contribution in [0.1, 0.15) is 17.6 Å². The van der Waals surface area contributed by atoms with E-state index in [0.717, 1.165) is 29.8 Å². The zero-order valence-electron chi connectivity index (χ0n) is 10.7. The molecular weight excluding hydrogens is 315 g/mol. The second-order valence-corrected chi connectivity index (χ2v) is 5.49. The van der Waals surface area contributed by atoms with E-state index in [0.29, 0.717) is 5.92 Å². The Hall–Kier alpha value is -0.860. The van der Waals surface area contributed by atoms with E-state index < -0.39 is 11.9 Å². The number of thiazole rings is 1. The molecule has 1 amide bonds. The predicted molar refractivity (Wildman–Crippen MR) is 71.7 cm³/mol. The molecule has 9 heteroatoms. The first kappa shape index (κ1) is 17.2. The van der Waals surface area contributed by atoms with Gasteiger partial charge in [0.2, 0.25) is 5.91 Å². The number of aromatic nitrogens is 1. The van der Waals surface area contributed by atoms with Crippen molar-refractivity contribution >= 4 is 29.7 Å². The van der Waals surface area contributed by atoms with Crippen LogP contribution in [0.3, 0.4) is 0 Å². The Bertz CT molecular complexity index is 462. The van der Waals surface area contributed by atoms with Gasteiger partial charge in [-0.2, -0.15) is 13.2 Å². The van der Waals surface area contributed by atoms with Crippen LogP contribution in [0.5, 0.6) is 0 Å². The van der Waals surface area contributed by atoms with Crippen molar-refractivity contribution in [2.24, 2.45) is 11.8 Å². The van der Waals surface area contributed by atoms with E-state index in [-0.39, 0.29) is 35.8 Å². The number of rotatable bonds is 4. The molecule has 0 bridgehead atoms. The molecule has 20 heavy (non-hydrogen) atoms. The van der Waals surface area contributed by atoms with Gasteiger partial charge in [0.1, 0.15) is 5.01 Å². The molecule has 0 aliphatic carbocycles. The highest BCUT2D eigenvalue weighted by Gasteiger charge is 2.34. The number of hydrogen-bond donors (Lipinski definition) is 2. The average Bonchev–Trinajstić information content (AvgIpc) is 2.71. The number of nitrogens with one attached hydrogen (secondary N) is 2. The van der Waals surface area contributed by atoms with Gasteiger partial charge in [-0.25, -0.2) is 4.98 Å². The molecular formula is C11H15ClF3N3OS. The van der Waals surface area contributed by atoms with Gasteiger partial charge in [0.05, 0.1) is 6.54 Å². The van der Waals surface area contributed by atoms with Gasteiger partial charge >= 0.3 is 6.18 Å².